The number of para-hydroxylation sites is 1. The van der Waals surface area contributed by atoms with Crippen molar-refractivity contribution in [2.24, 2.45) is 0 Å². The maximum absolute atomic E-state index is 12.2. The first-order valence-corrected chi connectivity index (χ1v) is 10.4. The molecule has 8 heteroatoms. The van der Waals surface area contributed by atoms with Gasteiger partial charge in [0.05, 0.1) is 26.5 Å². The summed E-state index contributed by atoms with van der Waals surface area (Å²) in [5.41, 5.74) is 2.77. The number of carbonyl (C=O) groups excluding carboxylic acids is 1. The SMILES string of the molecule is CCOC(=O)[C@H](C)Sc1nnc(-c2cc(OC)cc(OC)c2)n1-c1ccccc1C. The predicted octanol–water partition coefficient (Wildman–Crippen LogP) is 4.30. The van der Waals surface area contributed by atoms with E-state index in [0.717, 1.165) is 16.8 Å². The fourth-order valence-corrected chi connectivity index (χ4v) is 3.83. The van der Waals surface area contributed by atoms with E-state index < -0.39 is 5.25 Å². The number of methoxy groups -OCH3 is 2. The average molecular weight is 428 g/mol. The van der Waals surface area contributed by atoms with E-state index in [9.17, 15) is 4.79 Å². The lowest BCUT2D eigenvalue weighted by Gasteiger charge is -2.15. The van der Waals surface area contributed by atoms with Crippen molar-refractivity contribution in [1.29, 1.82) is 0 Å². The predicted molar refractivity (Wildman–Crippen MR) is 117 cm³/mol. The number of nitrogens with zero attached hydrogens (tertiary/aromatic N) is 3. The molecule has 1 aromatic heterocycles. The van der Waals surface area contributed by atoms with E-state index in [-0.39, 0.29) is 5.97 Å². The molecule has 7 nitrogen and oxygen atoms in total. The zero-order chi connectivity index (χ0) is 21.7. The molecule has 3 aromatic rings. The highest BCUT2D eigenvalue weighted by molar-refractivity contribution is 8.00. The quantitative estimate of drug-likeness (QED) is 0.392. The molecule has 0 saturated heterocycles. The monoisotopic (exact) mass is 427 g/mol. The lowest BCUT2D eigenvalue weighted by Crippen LogP contribution is -2.17. The molecular weight excluding hydrogens is 402 g/mol. The first-order chi connectivity index (χ1) is 14.5. The molecule has 0 unspecified atom stereocenters. The summed E-state index contributed by atoms with van der Waals surface area (Å²) in [7, 11) is 3.21. The minimum absolute atomic E-state index is 0.286. The molecule has 1 atom stereocenters. The Morgan fingerprint density at radius 1 is 1.10 bits per heavy atom. The molecule has 158 valence electrons. The van der Waals surface area contributed by atoms with E-state index in [1.54, 1.807) is 34.1 Å². The normalized spacial score (nSPS) is 11.8. The number of hydrogen-bond donors (Lipinski definition) is 0. The maximum Gasteiger partial charge on any atom is 0.319 e. The molecule has 0 aliphatic rings. The lowest BCUT2D eigenvalue weighted by atomic mass is 10.1. The van der Waals surface area contributed by atoms with Crippen LogP contribution in [0.15, 0.2) is 47.6 Å². The molecule has 1 heterocycles. The summed E-state index contributed by atoms with van der Waals surface area (Å²) < 4.78 is 17.9. The second-order valence-corrected chi connectivity index (χ2v) is 7.85. The summed E-state index contributed by atoms with van der Waals surface area (Å²) in [4.78, 5) is 12.2. The highest BCUT2D eigenvalue weighted by atomic mass is 32.2. The van der Waals surface area contributed by atoms with Crippen LogP contribution in [0.3, 0.4) is 0 Å². The number of ether oxygens (including phenoxy) is 3. The van der Waals surface area contributed by atoms with Crippen molar-refractivity contribution >= 4 is 17.7 Å². The molecule has 0 aliphatic heterocycles. The fourth-order valence-electron chi connectivity index (χ4n) is 2.97. The van der Waals surface area contributed by atoms with Gasteiger partial charge >= 0.3 is 5.97 Å². The molecule has 0 bridgehead atoms. The second kappa shape index (κ2) is 9.67. The second-order valence-electron chi connectivity index (χ2n) is 6.54. The molecule has 0 spiro atoms. The average Bonchev–Trinajstić information content (AvgIpc) is 3.17. The van der Waals surface area contributed by atoms with Crippen molar-refractivity contribution < 1.29 is 19.0 Å². The number of benzene rings is 2. The van der Waals surface area contributed by atoms with Gasteiger partial charge in [0, 0.05) is 11.6 Å². The van der Waals surface area contributed by atoms with Gasteiger partial charge in [0.25, 0.3) is 0 Å². The molecule has 30 heavy (non-hydrogen) atoms. The third-order valence-electron chi connectivity index (χ3n) is 4.50. The molecule has 3 rings (SSSR count). The highest BCUT2D eigenvalue weighted by Crippen LogP contribution is 2.34. The number of carbonyl (C=O) groups is 1. The Kier molecular flexibility index (Phi) is 6.99. The van der Waals surface area contributed by atoms with Crippen molar-refractivity contribution in [3.63, 3.8) is 0 Å². The standard InChI is InChI=1S/C22H25N3O4S/c1-6-29-21(26)15(3)30-22-24-23-20(25(22)19-10-8-7-9-14(19)2)16-11-17(27-4)13-18(12-16)28-5/h7-13,15H,6H2,1-5H3/t15-/m0/s1. The summed E-state index contributed by atoms with van der Waals surface area (Å²) in [6.45, 7) is 5.95. The van der Waals surface area contributed by atoms with E-state index in [2.05, 4.69) is 10.2 Å². The number of rotatable bonds is 8. The molecule has 0 fully saturated rings. The van der Waals surface area contributed by atoms with Crippen LogP contribution in [0.1, 0.15) is 19.4 Å². The first-order valence-electron chi connectivity index (χ1n) is 9.56. The van der Waals surface area contributed by atoms with Gasteiger partial charge in [-0.15, -0.1) is 10.2 Å². The Morgan fingerprint density at radius 2 is 1.77 bits per heavy atom. The minimum atomic E-state index is -0.426. The van der Waals surface area contributed by atoms with Crippen molar-refractivity contribution in [1.82, 2.24) is 14.8 Å². The smallest absolute Gasteiger partial charge is 0.319 e. The Labute approximate surface area is 180 Å². The van der Waals surface area contributed by atoms with Gasteiger partial charge < -0.3 is 14.2 Å². The Morgan fingerprint density at radius 3 is 2.37 bits per heavy atom. The van der Waals surface area contributed by atoms with Gasteiger partial charge in [-0.3, -0.25) is 9.36 Å². The van der Waals surface area contributed by atoms with Gasteiger partial charge in [0.1, 0.15) is 16.7 Å². The number of esters is 1. The summed E-state index contributed by atoms with van der Waals surface area (Å²) in [6, 6.07) is 13.5. The fraction of sp³-hybridized carbons (Fsp3) is 0.318. The van der Waals surface area contributed by atoms with Gasteiger partial charge in [-0.25, -0.2) is 0 Å². The molecule has 0 N–H and O–H groups in total. The van der Waals surface area contributed by atoms with E-state index >= 15 is 0 Å². The van der Waals surface area contributed by atoms with Crippen LogP contribution < -0.4 is 9.47 Å². The Hall–Kier alpha value is -3.00. The van der Waals surface area contributed by atoms with Gasteiger partial charge in [0.15, 0.2) is 11.0 Å². The van der Waals surface area contributed by atoms with Crippen LogP contribution in [0.2, 0.25) is 0 Å². The Bertz CT molecular complexity index is 1010. The molecule has 0 amide bonds. The van der Waals surface area contributed by atoms with Gasteiger partial charge in [-0.1, -0.05) is 30.0 Å². The zero-order valence-electron chi connectivity index (χ0n) is 17.7. The number of hydrogen-bond acceptors (Lipinski definition) is 7. The van der Waals surface area contributed by atoms with Crippen molar-refractivity contribution in [3.8, 4) is 28.6 Å². The maximum atomic E-state index is 12.2. The number of aryl methyl sites for hydroxylation is 1. The third-order valence-corrected chi connectivity index (χ3v) is 5.52. The lowest BCUT2D eigenvalue weighted by molar-refractivity contribution is -0.142. The summed E-state index contributed by atoms with van der Waals surface area (Å²) in [5, 5.41) is 9.00. The van der Waals surface area contributed by atoms with Crippen LogP contribution in [0.5, 0.6) is 11.5 Å². The zero-order valence-corrected chi connectivity index (χ0v) is 18.5. The van der Waals surface area contributed by atoms with E-state index in [4.69, 9.17) is 14.2 Å². The van der Waals surface area contributed by atoms with E-state index in [1.807, 2.05) is 47.9 Å². The van der Waals surface area contributed by atoms with Gasteiger partial charge in [-0.05, 0) is 44.5 Å². The summed E-state index contributed by atoms with van der Waals surface area (Å²) >= 11 is 1.31. The largest absolute Gasteiger partial charge is 0.497 e. The topological polar surface area (TPSA) is 75.5 Å². The van der Waals surface area contributed by atoms with Crippen LogP contribution in [-0.2, 0) is 9.53 Å². The molecular formula is C22H25N3O4S. The van der Waals surface area contributed by atoms with Crippen LogP contribution in [0.25, 0.3) is 17.1 Å². The third kappa shape index (κ3) is 4.59. The summed E-state index contributed by atoms with van der Waals surface area (Å²) in [6.07, 6.45) is 0. The van der Waals surface area contributed by atoms with Crippen molar-refractivity contribution in [2.45, 2.75) is 31.2 Å². The summed E-state index contributed by atoms with van der Waals surface area (Å²) in [5.74, 6) is 1.64. The highest BCUT2D eigenvalue weighted by Gasteiger charge is 2.23. The first kappa shape index (κ1) is 21.7. The number of aromatic nitrogens is 3. The van der Waals surface area contributed by atoms with Crippen LogP contribution in [0.4, 0.5) is 0 Å². The van der Waals surface area contributed by atoms with E-state index in [0.29, 0.717) is 29.1 Å². The van der Waals surface area contributed by atoms with Crippen LogP contribution in [0, 0.1) is 6.92 Å². The van der Waals surface area contributed by atoms with Crippen molar-refractivity contribution in [2.75, 3.05) is 20.8 Å². The minimum Gasteiger partial charge on any atom is -0.497 e. The van der Waals surface area contributed by atoms with Gasteiger partial charge in [0.2, 0.25) is 0 Å². The molecule has 2 aromatic carbocycles. The molecule has 0 saturated carbocycles. The molecule has 0 aliphatic carbocycles. The number of thioether (sulfide) groups is 1. The van der Waals surface area contributed by atoms with Crippen LogP contribution >= 0.6 is 11.8 Å². The van der Waals surface area contributed by atoms with Gasteiger partial charge in [-0.2, -0.15) is 0 Å². The van der Waals surface area contributed by atoms with E-state index in [1.165, 1.54) is 11.8 Å². The van der Waals surface area contributed by atoms with Crippen molar-refractivity contribution in [3.05, 3.63) is 48.0 Å². The molecule has 0 radical (unpaired) electrons. The Balaban J connectivity index is 2.14. The van der Waals surface area contributed by atoms with Crippen LogP contribution in [-0.4, -0.2) is 46.8 Å².